The molecule has 0 aromatic heterocycles. The molecule has 1 saturated carbocycles. The maximum atomic E-state index is 14.3. The van der Waals surface area contributed by atoms with Gasteiger partial charge in [-0.2, -0.15) is 13.2 Å². The zero-order valence-electron chi connectivity index (χ0n) is 17.9. The third-order valence-electron chi connectivity index (χ3n) is 7.10. The number of rotatable bonds is 4. The van der Waals surface area contributed by atoms with Gasteiger partial charge in [-0.15, -0.1) is 0 Å². The van der Waals surface area contributed by atoms with E-state index >= 15 is 0 Å². The molecule has 3 fully saturated rings. The van der Waals surface area contributed by atoms with Crippen LogP contribution in [0.1, 0.15) is 31.2 Å². The predicted molar refractivity (Wildman–Crippen MR) is 108 cm³/mol. The molecule has 2 atom stereocenters. The molecule has 1 aromatic carbocycles. The molecule has 4 rings (SSSR count). The molecule has 3 aliphatic rings. The number of likely N-dealkylation sites (tertiary alicyclic amines) is 1. The van der Waals surface area contributed by atoms with Crippen LogP contribution in [0.25, 0.3) is 0 Å². The fourth-order valence-electron chi connectivity index (χ4n) is 5.30. The van der Waals surface area contributed by atoms with Crippen molar-refractivity contribution in [2.45, 2.75) is 55.4 Å². The van der Waals surface area contributed by atoms with Crippen LogP contribution < -0.4 is 0 Å². The molecule has 1 spiro atoms. The topological polar surface area (TPSA) is 81.2 Å². The third-order valence-corrected chi connectivity index (χ3v) is 7.10. The second kappa shape index (κ2) is 8.18. The van der Waals surface area contributed by atoms with Crippen LogP contribution in [0.4, 0.5) is 22.4 Å². The number of carboxylic acid groups (broad SMARTS) is 1. The molecule has 2 heterocycles. The van der Waals surface area contributed by atoms with E-state index in [2.05, 4.69) is 0 Å². The predicted octanol–water partition coefficient (Wildman–Crippen LogP) is 2.85. The van der Waals surface area contributed by atoms with E-state index in [9.17, 15) is 37.1 Å². The van der Waals surface area contributed by atoms with E-state index in [1.807, 2.05) is 0 Å². The Kier molecular flexibility index (Phi) is 5.78. The van der Waals surface area contributed by atoms with Crippen LogP contribution in [0.2, 0.25) is 0 Å². The van der Waals surface area contributed by atoms with Crippen molar-refractivity contribution in [1.29, 1.82) is 0 Å². The molecule has 2 saturated heterocycles. The molecule has 11 heteroatoms. The lowest BCUT2D eigenvalue weighted by Crippen LogP contribution is -2.63. The van der Waals surface area contributed by atoms with Gasteiger partial charge in [0.15, 0.2) is 0 Å². The van der Waals surface area contributed by atoms with Crippen molar-refractivity contribution >= 4 is 17.9 Å². The minimum Gasteiger partial charge on any atom is -0.465 e. The lowest BCUT2D eigenvalue weighted by atomic mass is 9.89. The zero-order chi connectivity index (χ0) is 24.0. The number of halogens is 4. The Morgan fingerprint density at radius 2 is 1.73 bits per heavy atom. The van der Waals surface area contributed by atoms with Gasteiger partial charge in [-0.25, -0.2) is 9.18 Å². The highest BCUT2D eigenvalue weighted by atomic mass is 19.4. The number of carbonyl (C=O) groups excluding carboxylic acids is 2. The van der Waals surface area contributed by atoms with Crippen LogP contribution in [0.3, 0.4) is 0 Å². The largest absolute Gasteiger partial charge is 0.471 e. The van der Waals surface area contributed by atoms with Crippen LogP contribution in [0.5, 0.6) is 0 Å². The normalized spacial score (nSPS) is 26.5. The molecule has 1 N–H and O–H groups in total. The summed E-state index contributed by atoms with van der Waals surface area (Å²) in [6, 6.07) is 7.73. The van der Waals surface area contributed by atoms with Gasteiger partial charge in [0.1, 0.15) is 12.7 Å². The first kappa shape index (κ1) is 23.3. The summed E-state index contributed by atoms with van der Waals surface area (Å²) in [7, 11) is 0. The van der Waals surface area contributed by atoms with Crippen molar-refractivity contribution in [2.75, 3.05) is 26.3 Å². The number of hydrogen-bond donors (Lipinski definition) is 1. The van der Waals surface area contributed by atoms with Gasteiger partial charge in [0.05, 0.1) is 11.1 Å². The highest BCUT2D eigenvalue weighted by Gasteiger charge is 2.60. The summed E-state index contributed by atoms with van der Waals surface area (Å²) in [6.45, 7) is -1.45. The maximum absolute atomic E-state index is 14.3. The van der Waals surface area contributed by atoms with Gasteiger partial charge >= 0.3 is 18.2 Å². The Bertz CT molecular complexity index is 937. The van der Waals surface area contributed by atoms with Crippen molar-refractivity contribution in [3.05, 3.63) is 35.9 Å². The number of alkyl halides is 4. The molecule has 1 aromatic rings. The maximum Gasteiger partial charge on any atom is 0.471 e. The summed E-state index contributed by atoms with van der Waals surface area (Å²) in [4.78, 5) is 40.3. The number of benzene rings is 1. The average molecular weight is 471 g/mol. The summed E-state index contributed by atoms with van der Waals surface area (Å²) >= 11 is 0. The first-order valence-corrected chi connectivity index (χ1v) is 10.8. The van der Waals surface area contributed by atoms with Crippen molar-refractivity contribution in [3.63, 3.8) is 0 Å². The lowest BCUT2D eigenvalue weighted by molar-refractivity contribution is -0.191. The molecule has 0 bridgehead atoms. The van der Waals surface area contributed by atoms with E-state index in [1.54, 1.807) is 30.3 Å². The summed E-state index contributed by atoms with van der Waals surface area (Å²) in [5.74, 6) is -2.47. The van der Waals surface area contributed by atoms with E-state index in [0.29, 0.717) is 12.8 Å². The first-order chi connectivity index (χ1) is 15.5. The van der Waals surface area contributed by atoms with Gasteiger partial charge in [0, 0.05) is 19.6 Å². The fourth-order valence-corrected chi connectivity index (χ4v) is 5.30. The van der Waals surface area contributed by atoms with E-state index in [0.717, 1.165) is 15.4 Å². The van der Waals surface area contributed by atoms with E-state index < -0.39 is 47.9 Å². The SMILES string of the molecule is O=C([C@@H]1CC[C@@](CF)(Cc2ccccc2)N1C(=O)O)N1CCN(C(=O)C(F)(F)F)C2(CC2)C1. The molecule has 3 amide bonds. The van der Waals surface area contributed by atoms with Gasteiger partial charge in [0.25, 0.3) is 0 Å². The van der Waals surface area contributed by atoms with Crippen LogP contribution in [-0.4, -0.2) is 87.3 Å². The number of nitrogens with zero attached hydrogens (tertiary/aromatic N) is 3. The molecule has 0 radical (unpaired) electrons. The number of amides is 3. The second-order valence-corrected chi connectivity index (χ2v) is 9.17. The lowest BCUT2D eigenvalue weighted by Gasteiger charge is -2.44. The smallest absolute Gasteiger partial charge is 0.465 e. The van der Waals surface area contributed by atoms with Gasteiger partial charge in [-0.05, 0) is 37.7 Å². The van der Waals surface area contributed by atoms with Gasteiger partial charge in [0.2, 0.25) is 5.91 Å². The molecule has 180 valence electrons. The second-order valence-electron chi connectivity index (χ2n) is 9.17. The summed E-state index contributed by atoms with van der Waals surface area (Å²) in [5.41, 5.74) is -1.71. The molecular formula is C22H25F4N3O4. The van der Waals surface area contributed by atoms with Gasteiger partial charge in [-0.3, -0.25) is 14.5 Å². The van der Waals surface area contributed by atoms with Gasteiger partial charge in [-0.1, -0.05) is 30.3 Å². The Labute approximate surface area is 187 Å². The minimum absolute atomic E-state index is 0.0844. The molecule has 33 heavy (non-hydrogen) atoms. The minimum atomic E-state index is -4.99. The summed E-state index contributed by atoms with van der Waals surface area (Å²) < 4.78 is 53.2. The van der Waals surface area contributed by atoms with Crippen LogP contribution in [0.15, 0.2) is 30.3 Å². The highest BCUT2D eigenvalue weighted by molar-refractivity contribution is 5.88. The first-order valence-electron chi connectivity index (χ1n) is 10.8. The van der Waals surface area contributed by atoms with Crippen molar-refractivity contribution < 1.29 is 37.1 Å². The number of piperazine rings is 1. The Balaban J connectivity index is 1.53. The quantitative estimate of drug-likeness (QED) is 0.685. The van der Waals surface area contributed by atoms with E-state index in [1.165, 1.54) is 4.90 Å². The molecule has 7 nitrogen and oxygen atoms in total. The number of hydrogen-bond acceptors (Lipinski definition) is 3. The Hall–Kier alpha value is -2.85. The van der Waals surface area contributed by atoms with Crippen LogP contribution in [0, 0.1) is 0 Å². The third kappa shape index (κ3) is 4.13. The standard InChI is InChI=1S/C22H25F4N3O4/c23-13-21(12-15-4-2-1-3-5-15)7-6-16(29(21)19(32)33)17(30)27-10-11-28(18(31)22(24,25)26)20(14-27)8-9-20/h1-5,16H,6-14H2,(H,32,33)/t16-,21-/m0/s1. The Morgan fingerprint density at radius 1 is 1.06 bits per heavy atom. The molecule has 0 unspecified atom stereocenters. The molecule has 2 aliphatic heterocycles. The average Bonchev–Trinajstić information content (AvgIpc) is 3.42. The zero-order valence-corrected chi connectivity index (χ0v) is 17.9. The van der Waals surface area contributed by atoms with Crippen molar-refractivity contribution in [3.8, 4) is 0 Å². The van der Waals surface area contributed by atoms with Gasteiger partial charge < -0.3 is 14.9 Å². The highest BCUT2D eigenvalue weighted by Crippen LogP contribution is 2.46. The van der Waals surface area contributed by atoms with Crippen LogP contribution in [-0.2, 0) is 16.0 Å². The summed E-state index contributed by atoms with van der Waals surface area (Å²) in [5, 5.41) is 9.91. The summed E-state index contributed by atoms with van der Waals surface area (Å²) in [6.07, 6.45) is -5.34. The molecular weight excluding hydrogens is 446 g/mol. The van der Waals surface area contributed by atoms with E-state index in [4.69, 9.17) is 0 Å². The molecule has 1 aliphatic carbocycles. The Morgan fingerprint density at radius 3 is 2.27 bits per heavy atom. The monoisotopic (exact) mass is 471 g/mol. The fraction of sp³-hybridized carbons (Fsp3) is 0.591. The van der Waals surface area contributed by atoms with Crippen LogP contribution >= 0.6 is 0 Å². The van der Waals surface area contributed by atoms with Crippen molar-refractivity contribution in [1.82, 2.24) is 14.7 Å². The van der Waals surface area contributed by atoms with Crippen molar-refractivity contribution in [2.24, 2.45) is 0 Å². The van der Waals surface area contributed by atoms with E-state index in [-0.39, 0.29) is 38.9 Å². The number of carbonyl (C=O) groups is 3.